The van der Waals surface area contributed by atoms with E-state index >= 15 is 0 Å². The van der Waals surface area contributed by atoms with E-state index in [2.05, 4.69) is 10.2 Å². The van der Waals surface area contributed by atoms with Gasteiger partial charge in [-0.2, -0.15) is 5.10 Å². The minimum atomic E-state index is -0.380. The highest BCUT2D eigenvalue weighted by Crippen LogP contribution is 2.20. The summed E-state index contributed by atoms with van der Waals surface area (Å²) in [5, 5.41) is 8.10. The summed E-state index contributed by atoms with van der Waals surface area (Å²) in [5.41, 5.74) is 6.65. The van der Waals surface area contributed by atoms with E-state index in [1.807, 2.05) is 6.92 Å². The van der Waals surface area contributed by atoms with Crippen LogP contribution in [0.5, 0.6) is 0 Å². The molecule has 16 heavy (non-hydrogen) atoms. The highest BCUT2D eigenvalue weighted by Gasteiger charge is 2.19. The Morgan fingerprint density at radius 2 is 2.19 bits per heavy atom. The summed E-state index contributed by atoms with van der Waals surface area (Å²) in [6, 6.07) is 4.51. The highest BCUT2D eigenvalue weighted by molar-refractivity contribution is 6.30. The summed E-state index contributed by atoms with van der Waals surface area (Å²) < 4.78 is 13.6. The molecule has 2 rings (SSSR count). The standard InChI is InChI=1S/C11H11ClFN3/c1-6-4-10(15-16-11(6)14)8-3-2-7(12)5-9(8)13/h2-3,5-6H,4H2,1H3,(H2,14,16). The molecule has 84 valence electrons. The molecule has 0 saturated heterocycles. The molecule has 0 spiro atoms. The summed E-state index contributed by atoms with van der Waals surface area (Å²) in [4.78, 5) is 0. The largest absolute Gasteiger partial charge is 0.385 e. The summed E-state index contributed by atoms with van der Waals surface area (Å²) in [6.45, 7) is 1.93. The Balaban J connectivity index is 2.39. The molecule has 0 fully saturated rings. The van der Waals surface area contributed by atoms with Crippen LogP contribution in [0.15, 0.2) is 28.4 Å². The van der Waals surface area contributed by atoms with Crippen LogP contribution in [0.25, 0.3) is 0 Å². The second-order valence-corrected chi connectivity index (χ2v) is 4.24. The molecule has 0 amide bonds. The van der Waals surface area contributed by atoms with Gasteiger partial charge in [0.05, 0.1) is 5.71 Å². The maximum Gasteiger partial charge on any atom is 0.133 e. The number of benzene rings is 1. The quantitative estimate of drug-likeness (QED) is 0.805. The second-order valence-electron chi connectivity index (χ2n) is 3.80. The molecule has 0 bridgehead atoms. The van der Waals surface area contributed by atoms with Gasteiger partial charge in [-0.15, -0.1) is 5.10 Å². The van der Waals surface area contributed by atoms with Gasteiger partial charge in [-0.05, 0) is 18.2 Å². The van der Waals surface area contributed by atoms with Crippen molar-refractivity contribution in [3.63, 3.8) is 0 Å². The minimum absolute atomic E-state index is 0.0857. The number of halogens is 2. The average molecular weight is 240 g/mol. The summed E-state index contributed by atoms with van der Waals surface area (Å²) in [7, 11) is 0. The van der Waals surface area contributed by atoms with Gasteiger partial charge in [0.1, 0.15) is 11.7 Å². The minimum Gasteiger partial charge on any atom is -0.385 e. The number of hydrogen-bond donors (Lipinski definition) is 1. The van der Waals surface area contributed by atoms with E-state index in [0.717, 1.165) is 0 Å². The van der Waals surface area contributed by atoms with Gasteiger partial charge in [0, 0.05) is 22.9 Å². The molecule has 1 unspecified atom stereocenters. The highest BCUT2D eigenvalue weighted by atomic mass is 35.5. The van der Waals surface area contributed by atoms with Crippen LogP contribution in [0.1, 0.15) is 18.9 Å². The smallest absolute Gasteiger partial charge is 0.133 e. The molecular weight excluding hydrogens is 229 g/mol. The van der Waals surface area contributed by atoms with Gasteiger partial charge < -0.3 is 5.73 Å². The van der Waals surface area contributed by atoms with Crippen molar-refractivity contribution in [2.24, 2.45) is 21.9 Å². The Hall–Kier alpha value is -1.42. The Labute approximate surface area is 97.8 Å². The van der Waals surface area contributed by atoms with Gasteiger partial charge >= 0.3 is 0 Å². The Morgan fingerprint density at radius 3 is 2.81 bits per heavy atom. The Bertz CT molecular complexity index is 482. The van der Waals surface area contributed by atoms with E-state index in [-0.39, 0.29) is 11.7 Å². The molecule has 0 aromatic heterocycles. The first-order valence-corrected chi connectivity index (χ1v) is 5.31. The van der Waals surface area contributed by atoms with Crippen LogP contribution >= 0.6 is 11.6 Å². The fourth-order valence-corrected chi connectivity index (χ4v) is 1.70. The predicted octanol–water partition coefficient (Wildman–Crippen LogP) is 2.58. The van der Waals surface area contributed by atoms with Gasteiger partial charge in [0.2, 0.25) is 0 Å². The summed E-state index contributed by atoms with van der Waals surface area (Å²) in [5.74, 6) is 0.190. The molecule has 0 radical (unpaired) electrons. The average Bonchev–Trinajstić information content (AvgIpc) is 2.22. The van der Waals surface area contributed by atoms with Crippen LogP contribution in [0.3, 0.4) is 0 Å². The molecule has 1 atom stereocenters. The van der Waals surface area contributed by atoms with E-state index in [1.54, 1.807) is 12.1 Å². The molecule has 5 heteroatoms. The molecule has 0 saturated carbocycles. The van der Waals surface area contributed by atoms with Crippen molar-refractivity contribution in [1.29, 1.82) is 0 Å². The van der Waals surface area contributed by atoms with E-state index in [0.29, 0.717) is 28.6 Å². The van der Waals surface area contributed by atoms with Crippen LogP contribution in [0.4, 0.5) is 4.39 Å². The summed E-state index contributed by atoms with van der Waals surface area (Å²) in [6.07, 6.45) is 0.591. The molecule has 1 heterocycles. The van der Waals surface area contributed by atoms with E-state index < -0.39 is 0 Å². The molecule has 3 nitrogen and oxygen atoms in total. The van der Waals surface area contributed by atoms with Gasteiger partial charge in [-0.1, -0.05) is 18.5 Å². The topological polar surface area (TPSA) is 50.7 Å². The third-order valence-corrected chi connectivity index (χ3v) is 2.77. The molecule has 1 aliphatic heterocycles. The zero-order valence-corrected chi connectivity index (χ0v) is 9.50. The molecule has 1 aromatic rings. The van der Waals surface area contributed by atoms with Crippen molar-refractivity contribution in [3.8, 4) is 0 Å². The van der Waals surface area contributed by atoms with Crippen LogP contribution < -0.4 is 5.73 Å². The first-order valence-electron chi connectivity index (χ1n) is 4.93. The Kier molecular flexibility index (Phi) is 2.92. The lowest BCUT2D eigenvalue weighted by Gasteiger charge is -2.16. The van der Waals surface area contributed by atoms with Crippen LogP contribution in [-0.2, 0) is 0 Å². The van der Waals surface area contributed by atoms with E-state index in [1.165, 1.54) is 6.07 Å². The first-order chi connectivity index (χ1) is 7.58. The summed E-state index contributed by atoms with van der Waals surface area (Å²) >= 11 is 5.68. The van der Waals surface area contributed by atoms with Crippen LogP contribution in [0, 0.1) is 11.7 Å². The zero-order chi connectivity index (χ0) is 11.7. The molecule has 0 aliphatic carbocycles. The fraction of sp³-hybridized carbons (Fsp3) is 0.273. The van der Waals surface area contributed by atoms with Gasteiger partial charge in [0.15, 0.2) is 0 Å². The zero-order valence-electron chi connectivity index (χ0n) is 8.74. The number of nitrogens with zero attached hydrogens (tertiary/aromatic N) is 2. The van der Waals surface area contributed by atoms with Crippen LogP contribution in [-0.4, -0.2) is 11.5 Å². The third kappa shape index (κ3) is 2.07. The molecule has 1 aromatic carbocycles. The number of amidine groups is 1. The number of rotatable bonds is 1. The van der Waals surface area contributed by atoms with Gasteiger partial charge in [0.25, 0.3) is 0 Å². The van der Waals surface area contributed by atoms with Crippen molar-refractivity contribution >= 4 is 23.1 Å². The third-order valence-electron chi connectivity index (χ3n) is 2.53. The predicted molar refractivity (Wildman–Crippen MR) is 63.4 cm³/mol. The number of hydrogen-bond acceptors (Lipinski definition) is 3. The lowest BCUT2D eigenvalue weighted by Crippen LogP contribution is -2.27. The number of nitrogens with two attached hydrogens (primary N) is 1. The molecular formula is C11H11ClFN3. The lowest BCUT2D eigenvalue weighted by molar-refractivity contribution is 0.623. The van der Waals surface area contributed by atoms with Gasteiger partial charge in [-0.25, -0.2) is 4.39 Å². The SMILES string of the molecule is CC1CC(c2ccc(Cl)cc2F)=NN=C1N. The second kappa shape index (κ2) is 4.22. The molecule has 2 N–H and O–H groups in total. The van der Waals surface area contributed by atoms with E-state index in [9.17, 15) is 4.39 Å². The van der Waals surface area contributed by atoms with Crippen molar-refractivity contribution in [3.05, 3.63) is 34.6 Å². The lowest BCUT2D eigenvalue weighted by atomic mass is 9.97. The van der Waals surface area contributed by atoms with Crippen molar-refractivity contribution in [2.75, 3.05) is 0 Å². The maximum absolute atomic E-state index is 13.6. The maximum atomic E-state index is 13.6. The van der Waals surface area contributed by atoms with E-state index in [4.69, 9.17) is 17.3 Å². The fourth-order valence-electron chi connectivity index (χ4n) is 1.54. The normalized spacial score (nSPS) is 20.3. The molecule has 1 aliphatic rings. The first kappa shape index (κ1) is 11.1. The van der Waals surface area contributed by atoms with Crippen molar-refractivity contribution in [1.82, 2.24) is 0 Å². The van der Waals surface area contributed by atoms with Crippen LogP contribution in [0.2, 0.25) is 5.02 Å². The van der Waals surface area contributed by atoms with Crippen molar-refractivity contribution < 1.29 is 4.39 Å². The Morgan fingerprint density at radius 1 is 1.44 bits per heavy atom. The van der Waals surface area contributed by atoms with Crippen molar-refractivity contribution in [2.45, 2.75) is 13.3 Å². The monoisotopic (exact) mass is 239 g/mol. The van der Waals surface area contributed by atoms with Gasteiger partial charge in [-0.3, -0.25) is 0 Å².